The summed E-state index contributed by atoms with van der Waals surface area (Å²) in [7, 11) is 0. The number of aromatic nitrogens is 2. The highest BCUT2D eigenvalue weighted by Gasteiger charge is 2.17. The third kappa shape index (κ3) is 6.89. The van der Waals surface area contributed by atoms with Gasteiger partial charge >= 0.3 is 5.97 Å². The van der Waals surface area contributed by atoms with E-state index in [0.717, 1.165) is 57.8 Å². The molecule has 0 amide bonds. The third-order valence-electron chi connectivity index (χ3n) is 7.60. The molecule has 1 aliphatic rings. The highest BCUT2D eigenvalue weighted by atomic mass is 79.9. The van der Waals surface area contributed by atoms with Gasteiger partial charge in [-0.2, -0.15) is 0 Å². The molecule has 0 atom stereocenters. The zero-order chi connectivity index (χ0) is 27.2. The van der Waals surface area contributed by atoms with Crippen molar-refractivity contribution in [1.29, 1.82) is 0 Å². The Hall–Kier alpha value is -3.16. The number of rotatable bonds is 12. The number of para-hydroxylation sites is 1. The lowest BCUT2D eigenvalue weighted by Crippen LogP contribution is -2.24. The molecule has 2 heterocycles. The van der Waals surface area contributed by atoms with Gasteiger partial charge in [0.2, 0.25) is 0 Å². The molecule has 1 saturated heterocycles. The Morgan fingerprint density at radius 3 is 2.62 bits per heavy atom. The summed E-state index contributed by atoms with van der Waals surface area (Å²) in [6, 6.07) is 20.8. The number of imidazole rings is 1. The van der Waals surface area contributed by atoms with Crippen molar-refractivity contribution in [1.82, 2.24) is 14.5 Å². The molecule has 1 N–H and O–H groups in total. The van der Waals surface area contributed by atoms with Crippen molar-refractivity contribution in [3.05, 3.63) is 93.2 Å². The van der Waals surface area contributed by atoms with Crippen LogP contribution in [0.2, 0.25) is 0 Å². The second-order valence-electron chi connectivity index (χ2n) is 10.3. The Morgan fingerprint density at radius 2 is 1.82 bits per heavy atom. The van der Waals surface area contributed by atoms with Gasteiger partial charge in [0, 0.05) is 36.0 Å². The van der Waals surface area contributed by atoms with E-state index in [4.69, 9.17) is 14.8 Å². The molecule has 0 bridgehead atoms. The summed E-state index contributed by atoms with van der Waals surface area (Å²) in [5.41, 5.74) is 6.66. The van der Waals surface area contributed by atoms with E-state index in [9.17, 15) is 4.79 Å². The number of nitrogens with zero attached hydrogens (tertiary/aromatic N) is 3. The van der Waals surface area contributed by atoms with Crippen LogP contribution in [0.5, 0.6) is 5.75 Å². The second kappa shape index (κ2) is 12.8. The SMILES string of the molecule is CCc1cc(COc2ccccc2Cc2nc3cc(Br)ccc3n2CCN2CCCC2)ccc1CCC(=O)O. The minimum Gasteiger partial charge on any atom is -0.489 e. The molecule has 1 aromatic heterocycles. The molecule has 5 rings (SSSR count). The second-order valence-corrected chi connectivity index (χ2v) is 11.2. The van der Waals surface area contributed by atoms with E-state index in [-0.39, 0.29) is 6.42 Å². The van der Waals surface area contributed by atoms with Gasteiger partial charge in [-0.3, -0.25) is 4.79 Å². The molecular weight excluding hydrogens is 554 g/mol. The van der Waals surface area contributed by atoms with Crippen LogP contribution in [0.25, 0.3) is 11.0 Å². The van der Waals surface area contributed by atoms with Gasteiger partial charge in [0.05, 0.1) is 11.0 Å². The first-order valence-electron chi connectivity index (χ1n) is 13.9. The summed E-state index contributed by atoms with van der Waals surface area (Å²) >= 11 is 3.61. The Balaban J connectivity index is 1.34. The fourth-order valence-electron chi connectivity index (χ4n) is 5.49. The van der Waals surface area contributed by atoms with Crippen LogP contribution in [0.15, 0.2) is 65.1 Å². The van der Waals surface area contributed by atoms with Gasteiger partial charge in [-0.05, 0) is 79.7 Å². The van der Waals surface area contributed by atoms with Crippen LogP contribution in [0.4, 0.5) is 0 Å². The first kappa shape index (κ1) is 27.4. The monoisotopic (exact) mass is 589 g/mol. The molecule has 39 heavy (non-hydrogen) atoms. The number of likely N-dealkylation sites (tertiary alicyclic amines) is 1. The number of hydrogen-bond acceptors (Lipinski definition) is 4. The number of ether oxygens (including phenoxy) is 1. The number of carboxylic acid groups (broad SMARTS) is 1. The summed E-state index contributed by atoms with van der Waals surface area (Å²) in [4.78, 5) is 18.6. The maximum absolute atomic E-state index is 11.0. The topological polar surface area (TPSA) is 67.6 Å². The van der Waals surface area contributed by atoms with E-state index in [0.29, 0.717) is 19.4 Å². The van der Waals surface area contributed by atoms with Crippen LogP contribution in [0.3, 0.4) is 0 Å². The Labute approximate surface area is 238 Å². The largest absolute Gasteiger partial charge is 0.489 e. The van der Waals surface area contributed by atoms with Crippen LogP contribution in [-0.4, -0.2) is 45.2 Å². The molecule has 0 radical (unpaired) electrons. The van der Waals surface area contributed by atoms with Crippen molar-refractivity contribution in [2.24, 2.45) is 0 Å². The molecular formula is C32H36BrN3O3. The molecule has 3 aromatic carbocycles. The smallest absolute Gasteiger partial charge is 0.303 e. The summed E-state index contributed by atoms with van der Waals surface area (Å²) < 4.78 is 9.77. The Bertz CT molecular complexity index is 1440. The molecule has 0 spiro atoms. The molecule has 6 nitrogen and oxygen atoms in total. The minimum atomic E-state index is -0.765. The van der Waals surface area contributed by atoms with E-state index in [1.807, 2.05) is 18.2 Å². The third-order valence-corrected chi connectivity index (χ3v) is 8.10. The zero-order valence-electron chi connectivity index (χ0n) is 22.5. The highest BCUT2D eigenvalue weighted by Crippen LogP contribution is 2.27. The molecule has 4 aromatic rings. The predicted octanol–water partition coefficient (Wildman–Crippen LogP) is 6.64. The van der Waals surface area contributed by atoms with Crippen LogP contribution >= 0.6 is 15.9 Å². The van der Waals surface area contributed by atoms with Crippen molar-refractivity contribution in [3.8, 4) is 5.75 Å². The molecule has 0 saturated carbocycles. The van der Waals surface area contributed by atoms with Crippen LogP contribution < -0.4 is 4.74 Å². The maximum atomic E-state index is 11.0. The first-order chi connectivity index (χ1) is 19.0. The number of halogens is 1. The summed E-state index contributed by atoms with van der Waals surface area (Å²) in [6.45, 7) is 6.89. The number of carboxylic acids is 1. The number of aliphatic carboxylic acids is 1. The molecule has 0 unspecified atom stereocenters. The average molecular weight is 591 g/mol. The predicted molar refractivity (Wildman–Crippen MR) is 158 cm³/mol. The first-order valence-corrected chi connectivity index (χ1v) is 14.7. The van der Waals surface area contributed by atoms with Gasteiger partial charge in [-0.15, -0.1) is 0 Å². The molecule has 7 heteroatoms. The van der Waals surface area contributed by atoms with Gasteiger partial charge in [0.1, 0.15) is 18.2 Å². The van der Waals surface area contributed by atoms with Gasteiger partial charge in [0.25, 0.3) is 0 Å². The van der Waals surface area contributed by atoms with Crippen molar-refractivity contribution in [2.75, 3.05) is 19.6 Å². The number of fused-ring (bicyclic) bond motifs is 1. The Morgan fingerprint density at radius 1 is 1.00 bits per heavy atom. The summed E-state index contributed by atoms with van der Waals surface area (Å²) in [6.07, 6.45) is 4.84. The van der Waals surface area contributed by atoms with Crippen molar-refractivity contribution < 1.29 is 14.6 Å². The van der Waals surface area contributed by atoms with Gasteiger partial charge in [-0.25, -0.2) is 4.98 Å². The highest BCUT2D eigenvalue weighted by molar-refractivity contribution is 9.10. The van der Waals surface area contributed by atoms with Crippen molar-refractivity contribution >= 4 is 32.9 Å². The maximum Gasteiger partial charge on any atom is 0.303 e. The lowest BCUT2D eigenvalue weighted by molar-refractivity contribution is -0.136. The number of aryl methyl sites for hydroxylation is 2. The standard InChI is InChI=1S/C32H36BrN3O3/c1-2-24-19-23(9-10-25(24)11-14-32(37)38)22-39-30-8-4-3-7-26(30)20-31-34-28-21-27(33)12-13-29(28)36(31)18-17-35-15-5-6-16-35/h3-4,7-10,12-13,19,21H,2,5-6,11,14-18,20,22H2,1H3,(H,37,38). The van der Waals surface area contributed by atoms with E-state index < -0.39 is 5.97 Å². The summed E-state index contributed by atoms with van der Waals surface area (Å²) in [5, 5.41) is 9.05. The number of hydrogen-bond donors (Lipinski definition) is 1. The summed E-state index contributed by atoms with van der Waals surface area (Å²) in [5.74, 6) is 1.15. The van der Waals surface area contributed by atoms with Crippen LogP contribution in [0, 0.1) is 0 Å². The normalized spacial score (nSPS) is 13.8. The molecule has 1 aliphatic heterocycles. The quantitative estimate of drug-likeness (QED) is 0.200. The van der Waals surface area contributed by atoms with Crippen molar-refractivity contribution in [3.63, 3.8) is 0 Å². The Kier molecular flexibility index (Phi) is 8.99. The average Bonchev–Trinajstić information content (AvgIpc) is 3.57. The zero-order valence-corrected chi connectivity index (χ0v) is 24.1. The lowest BCUT2D eigenvalue weighted by atomic mass is 9.98. The van der Waals surface area contributed by atoms with Gasteiger partial charge in [-0.1, -0.05) is 59.3 Å². The lowest BCUT2D eigenvalue weighted by Gasteiger charge is -2.17. The minimum absolute atomic E-state index is 0.149. The fraction of sp³-hybridized carbons (Fsp3) is 0.375. The van der Waals surface area contributed by atoms with Crippen LogP contribution in [0.1, 0.15) is 54.3 Å². The van der Waals surface area contributed by atoms with Crippen molar-refractivity contribution in [2.45, 2.75) is 58.6 Å². The molecule has 204 valence electrons. The molecule has 0 aliphatic carbocycles. The fourth-order valence-corrected chi connectivity index (χ4v) is 5.84. The van der Waals surface area contributed by atoms with E-state index in [2.05, 4.69) is 74.8 Å². The van der Waals surface area contributed by atoms with E-state index in [1.54, 1.807) is 0 Å². The van der Waals surface area contributed by atoms with E-state index in [1.165, 1.54) is 37.0 Å². The number of benzene rings is 3. The molecule has 1 fully saturated rings. The number of carbonyl (C=O) groups is 1. The van der Waals surface area contributed by atoms with Crippen LogP contribution in [-0.2, 0) is 37.2 Å². The van der Waals surface area contributed by atoms with Gasteiger partial charge < -0.3 is 19.3 Å². The van der Waals surface area contributed by atoms with Gasteiger partial charge in [0.15, 0.2) is 0 Å². The van der Waals surface area contributed by atoms with E-state index >= 15 is 0 Å².